The Kier molecular flexibility index (Phi) is 3.87. The first-order valence-electron chi connectivity index (χ1n) is 6.41. The van der Waals surface area contributed by atoms with Gasteiger partial charge in [0, 0.05) is 12.3 Å². The summed E-state index contributed by atoms with van der Waals surface area (Å²) in [5.74, 6) is 0.337. The molecule has 0 aromatic heterocycles. The SMILES string of the molecule is C[C@@H]1CC(c2ccccc2)=NO[C@H]1O[Si](C)(C)C. The van der Waals surface area contributed by atoms with Gasteiger partial charge in [0.25, 0.3) is 0 Å². The van der Waals surface area contributed by atoms with Crippen molar-refractivity contribution in [2.45, 2.75) is 39.3 Å². The predicted octanol–water partition coefficient (Wildman–Crippen LogP) is 3.62. The predicted molar refractivity (Wildman–Crippen MR) is 76.1 cm³/mol. The lowest BCUT2D eigenvalue weighted by Gasteiger charge is -2.32. The average molecular weight is 263 g/mol. The number of hydrogen-bond donors (Lipinski definition) is 0. The molecule has 0 fully saturated rings. The standard InChI is InChI=1S/C14H21NO2Si/c1-11-10-13(12-8-6-5-7-9-12)15-16-14(11)17-18(2,3)4/h5-9,11,14H,10H2,1-4H3/t11-,14+/m1/s1. The molecule has 1 aromatic rings. The summed E-state index contributed by atoms with van der Waals surface area (Å²) in [6.45, 7) is 8.65. The molecule has 1 aliphatic rings. The maximum Gasteiger partial charge on any atom is 0.220 e. The van der Waals surface area contributed by atoms with E-state index < -0.39 is 8.32 Å². The van der Waals surface area contributed by atoms with Crippen molar-refractivity contribution < 1.29 is 9.26 Å². The Morgan fingerprint density at radius 3 is 2.44 bits per heavy atom. The van der Waals surface area contributed by atoms with Crippen LogP contribution < -0.4 is 0 Å². The molecule has 3 nitrogen and oxygen atoms in total. The van der Waals surface area contributed by atoms with Crippen LogP contribution >= 0.6 is 0 Å². The number of hydrogen-bond acceptors (Lipinski definition) is 3. The fraction of sp³-hybridized carbons (Fsp3) is 0.500. The first kappa shape index (κ1) is 13.3. The Balaban J connectivity index is 2.08. The van der Waals surface area contributed by atoms with Crippen molar-refractivity contribution in [3.63, 3.8) is 0 Å². The largest absolute Gasteiger partial charge is 0.382 e. The highest BCUT2D eigenvalue weighted by Gasteiger charge is 2.31. The van der Waals surface area contributed by atoms with Gasteiger partial charge in [0.05, 0.1) is 5.71 Å². The molecule has 0 N–H and O–H groups in total. The Hall–Kier alpha value is -1.13. The van der Waals surface area contributed by atoms with Crippen LogP contribution in [0.1, 0.15) is 18.9 Å². The van der Waals surface area contributed by atoms with Crippen LogP contribution in [0.2, 0.25) is 19.6 Å². The molecule has 0 bridgehead atoms. The summed E-state index contributed by atoms with van der Waals surface area (Å²) < 4.78 is 5.98. The highest BCUT2D eigenvalue weighted by atomic mass is 28.4. The molecular weight excluding hydrogens is 242 g/mol. The molecule has 0 aliphatic carbocycles. The smallest absolute Gasteiger partial charge is 0.220 e. The minimum atomic E-state index is -1.58. The summed E-state index contributed by atoms with van der Waals surface area (Å²) in [7, 11) is -1.58. The van der Waals surface area contributed by atoms with Crippen LogP contribution in [0.4, 0.5) is 0 Å². The van der Waals surface area contributed by atoms with Gasteiger partial charge in [0.15, 0.2) is 8.32 Å². The summed E-state index contributed by atoms with van der Waals surface area (Å²) in [5, 5.41) is 4.23. The highest BCUT2D eigenvalue weighted by molar-refractivity contribution is 6.69. The zero-order valence-electron chi connectivity index (χ0n) is 11.5. The van der Waals surface area contributed by atoms with E-state index in [1.165, 1.54) is 0 Å². The molecule has 18 heavy (non-hydrogen) atoms. The van der Waals surface area contributed by atoms with Gasteiger partial charge < -0.3 is 9.26 Å². The molecule has 1 heterocycles. The average Bonchev–Trinajstić information content (AvgIpc) is 2.31. The van der Waals surface area contributed by atoms with Crippen molar-refractivity contribution in [3.05, 3.63) is 35.9 Å². The van der Waals surface area contributed by atoms with E-state index in [2.05, 4.69) is 43.9 Å². The van der Waals surface area contributed by atoms with Crippen LogP contribution in [0.15, 0.2) is 35.5 Å². The summed E-state index contributed by atoms with van der Waals surface area (Å²) in [6.07, 6.45) is 0.711. The molecule has 98 valence electrons. The summed E-state index contributed by atoms with van der Waals surface area (Å²) in [5.41, 5.74) is 2.15. The molecule has 2 rings (SSSR count). The molecule has 0 spiro atoms. The third-order valence-electron chi connectivity index (χ3n) is 2.82. The lowest BCUT2D eigenvalue weighted by molar-refractivity contribution is -0.123. The van der Waals surface area contributed by atoms with Crippen LogP contribution in [0.5, 0.6) is 0 Å². The first-order valence-corrected chi connectivity index (χ1v) is 9.82. The summed E-state index contributed by atoms with van der Waals surface area (Å²) in [6, 6.07) is 10.2. The van der Waals surface area contributed by atoms with Crippen molar-refractivity contribution in [1.29, 1.82) is 0 Å². The number of benzene rings is 1. The van der Waals surface area contributed by atoms with Gasteiger partial charge in [-0.1, -0.05) is 42.4 Å². The molecule has 4 heteroatoms. The lowest BCUT2D eigenvalue weighted by atomic mass is 9.98. The zero-order valence-corrected chi connectivity index (χ0v) is 12.5. The van der Waals surface area contributed by atoms with Crippen LogP contribution in [0.3, 0.4) is 0 Å². The van der Waals surface area contributed by atoms with E-state index in [1.807, 2.05) is 18.2 Å². The number of rotatable bonds is 3. The minimum absolute atomic E-state index is 0.191. The quantitative estimate of drug-likeness (QED) is 0.780. The van der Waals surface area contributed by atoms with E-state index in [4.69, 9.17) is 9.26 Å². The fourth-order valence-corrected chi connectivity index (χ4v) is 2.92. The minimum Gasteiger partial charge on any atom is -0.382 e. The number of oxime groups is 1. The summed E-state index contributed by atoms with van der Waals surface area (Å²) in [4.78, 5) is 5.53. The van der Waals surface area contributed by atoms with Gasteiger partial charge in [-0.05, 0) is 25.2 Å². The van der Waals surface area contributed by atoms with Gasteiger partial charge in [0.1, 0.15) is 0 Å². The normalized spacial score (nSPS) is 24.3. The molecule has 0 saturated carbocycles. The van der Waals surface area contributed by atoms with E-state index in [9.17, 15) is 0 Å². The molecule has 0 radical (unpaired) electrons. The van der Waals surface area contributed by atoms with Crippen LogP contribution in [0.25, 0.3) is 0 Å². The Morgan fingerprint density at radius 1 is 1.22 bits per heavy atom. The van der Waals surface area contributed by atoms with Crippen molar-refractivity contribution in [2.24, 2.45) is 11.1 Å². The van der Waals surface area contributed by atoms with E-state index in [0.717, 1.165) is 17.7 Å². The fourth-order valence-electron chi connectivity index (χ4n) is 1.95. The van der Waals surface area contributed by atoms with Gasteiger partial charge in [-0.3, -0.25) is 0 Å². The molecule has 0 amide bonds. The van der Waals surface area contributed by atoms with Crippen LogP contribution in [0, 0.1) is 5.92 Å². The molecule has 1 aromatic carbocycles. The third-order valence-corrected chi connectivity index (χ3v) is 3.76. The first-order chi connectivity index (χ1) is 8.46. The monoisotopic (exact) mass is 263 g/mol. The van der Waals surface area contributed by atoms with E-state index in [0.29, 0.717) is 5.92 Å². The molecule has 2 atom stereocenters. The van der Waals surface area contributed by atoms with E-state index in [-0.39, 0.29) is 6.29 Å². The Morgan fingerprint density at radius 2 is 1.89 bits per heavy atom. The van der Waals surface area contributed by atoms with Gasteiger partial charge in [0.2, 0.25) is 6.29 Å². The van der Waals surface area contributed by atoms with Gasteiger partial charge in [-0.2, -0.15) is 0 Å². The Bertz CT molecular complexity index is 425. The third kappa shape index (κ3) is 3.43. The summed E-state index contributed by atoms with van der Waals surface area (Å²) >= 11 is 0. The maximum atomic E-state index is 5.98. The zero-order chi connectivity index (χ0) is 13.2. The van der Waals surface area contributed by atoms with Gasteiger partial charge in [-0.15, -0.1) is 0 Å². The molecule has 1 aliphatic heterocycles. The second kappa shape index (κ2) is 5.24. The maximum absolute atomic E-state index is 5.98. The lowest BCUT2D eigenvalue weighted by Crippen LogP contribution is -2.39. The van der Waals surface area contributed by atoms with E-state index in [1.54, 1.807) is 0 Å². The second-order valence-corrected chi connectivity index (χ2v) is 10.2. The van der Waals surface area contributed by atoms with Crippen molar-refractivity contribution in [3.8, 4) is 0 Å². The molecule has 0 unspecified atom stereocenters. The van der Waals surface area contributed by atoms with Gasteiger partial charge in [-0.25, -0.2) is 0 Å². The highest BCUT2D eigenvalue weighted by Crippen LogP contribution is 2.25. The second-order valence-electron chi connectivity index (χ2n) is 5.79. The Labute approximate surface area is 110 Å². The van der Waals surface area contributed by atoms with Crippen molar-refractivity contribution >= 4 is 14.0 Å². The van der Waals surface area contributed by atoms with Crippen molar-refractivity contribution in [2.75, 3.05) is 0 Å². The number of nitrogens with zero attached hydrogens (tertiary/aromatic N) is 1. The van der Waals surface area contributed by atoms with Crippen molar-refractivity contribution in [1.82, 2.24) is 0 Å². The van der Waals surface area contributed by atoms with E-state index >= 15 is 0 Å². The van der Waals surface area contributed by atoms with Gasteiger partial charge >= 0.3 is 0 Å². The van der Waals surface area contributed by atoms with Crippen LogP contribution in [-0.2, 0) is 9.26 Å². The topological polar surface area (TPSA) is 30.8 Å². The molecule has 0 saturated heterocycles. The molecular formula is C14H21NO2Si. The van der Waals surface area contributed by atoms with Crippen LogP contribution in [-0.4, -0.2) is 20.3 Å².